The van der Waals surface area contributed by atoms with E-state index in [2.05, 4.69) is 15.5 Å². The predicted molar refractivity (Wildman–Crippen MR) is 87.6 cm³/mol. The fourth-order valence-corrected chi connectivity index (χ4v) is 2.81. The number of cyclic esters (lactones) is 1. The van der Waals surface area contributed by atoms with Crippen molar-refractivity contribution in [2.45, 2.75) is 19.6 Å². The van der Waals surface area contributed by atoms with Crippen LogP contribution in [-0.2, 0) is 9.53 Å². The van der Waals surface area contributed by atoms with Crippen molar-refractivity contribution in [1.82, 2.24) is 10.6 Å². The second-order valence-corrected chi connectivity index (χ2v) is 5.66. The van der Waals surface area contributed by atoms with Crippen molar-refractivity contribution < 1.29 is 14.3 Å². The normalized spacial score (nSPS) is 21.3. The Hall–Kier alpha value is -2.28. The SMILES string of the molecule is CCC(=O)N[C@@H]1CN(c2cccc(N3CCNCC3)c2)C(=O)O1. The van der Waals surface area contributed by atoms with Gasteiger partial charge in [0.25, 0.3) is 0 Å². The molecule has 7 heteroatoms. The topological polar surface area (TPSA) is 73.9 Å². The Morgan fingerprint density at radius 3 is 2.83 bits per heavy atom. The zero-order chi connectivity index (χ0) is 16.2. The van der Waals surface area contributed by atoms with Crippen molar-refractivity contribution in [3.8, 4) is 0 Å². The van der Waals surface area contributed by atoms with E-state index in [1.165, 1.54) is 0 Å². The smallest absolute Gasteiger partial charge is 0.416 e. The van der Waals surface area contributed by atoms with Gasteiger partial charge in [0, 0.05) is 44.0 Å². The highest BCUT2D eigenvalue weighted by atomic mass is 16.6. The summed E-state index contributed by atoms with van der Waals surface area (Å²) in [5.74, 6) is -0.126. The van der Waals surface area contributed by atoms with Gasteiger partial charge in [-0.15, -0.1) is 0 Å². The number of anilines is 2. The number of amides is 2. The molecular formula is C16H22N4O3. The minimum atomic E-state index is -0.585. The summed E-state index contributed by atoms with van der Waals surface area (Å²) in [5, 5.41) is 6.02. The number of hydrogen-bond acceptors (Lipinski definition) is 5. The Labute approximate surface area is 135 Å². The van der Waals surface area contributed by atoms with Crippen molar-refractivity contribution in [1.29, 1.82) is 0 Å². The maximum absolute atomic E-state index is 12.1. The van der Waals surface area contributed by atoms with Gasteiger partial charge >= 0.3 is 6.09 Å². The highest BCUT2D eigenvalue weighted by Crippen LogP contribution is 2.26. The molecule has 0 bridgehead atoms. The lowest BCUT2D eigenvalue weighted by Gasteiger charge is -2.30. The molecule has 0 spiro atoms. The number of carbonyl (C=O) groups is 2. The molecule has 2 N–H and O–H groups in total. The number of piperazine rings is 1. The van der Waals surface area contributed by atoms with E-state index in [-0.39, 0.29) is 5.91 Å². The van der Waals surface area contributed by atoms with Crippen molar-refractivity contribution in [2.75, 3.05) is 42.5 Å². The molecule has 0 saturated carbocycles. The first-order chi connectivity index (χ1) is 11.2. The fraction of sp³-hybridized carbons (Fsp3) is 0.500. The fourth-order valence-electron chi connectivity index (χ4n) is 2.81. The van der Waals surface area contributed by atoms with Crippen LogP contribution in [0.15, 0.2) is 24.3 Å². The van der Waals surface area contributed by atoms with E-state index in [0.717, 1.165) is 37.6 Å². The maximum Gasteiger partial charge on any atom is 0.416 e. The number of carbonyl (C=O) groups excluding carboxylic acids is 2. The number of benzene rings is 1. The summed E-state index contributed by atoms with van der Waals surface area (Å²) in [6.45, 7) is 5.91. The van der Waals surface area contributed by atoms with Crippen LogP contribution in [0.2, 0.25) is 0 Å². The van der Waals surface area contributed by atoms with Gasteiger partial charge in [-0.05, 0) is 18.2 Å². The van der Waals surface area contributed by atoms with Gasteiger partial charge in [-0.25, -0.2) is 4.79 Å². The summed E-state index contributed by atoms with van der Waals surface area (Å²) < 4.78 is 5.22. The van der Waals surface area contributed by atoms with E-state index in [1.807, 2.05) is 24.3 Å². The molecule has 0 radical (unpaired) electrons. The van der Waals surface area contributed by atoms with Crippen LogP contribution in [0.4, 0.5) is 16.2 Å². The third-order valence-corrected chi connectivity index (χ3v) is 4.08. The molecule has 0 aromatic heterocycles. The largest absolute Gasteiger partial charge is 0.423 e. The molecule has 1 aromatic carbocycles. The maximum atomic E-state index is 12.1. The Bertz CT molecular complexity index is 586. The van der Waals surface area contributed by atoms with E-state index in [4.69, 9.17) is 4.74 Å². The Kier molecular flexibility index (Phi) is 4.66. The lowest BCUT2D eigenvalue weighted by atomic mass is 10.2. The van der Waals surface area contributed by atoms with Crippen LogP contribution in [0.5, 0.6) is 0 Å². The van der Waals surface area contributed by atoms with Gasteiger partial charge in [0.2, 0.25) is 5.91 Å². The first-order valence-corrected chi connectivity index (χ1v) is 8.00. The van der Waals surface area contributed by atoms with Gasteiger partial charge in [0.15, 0.2) is 6.23 Å². The Morgan fingerprint density at radius 2 is 2.09 bits per heavy atom. The van der Waals surface area contributed by atoms with Crippen LogP contribution in [0.3, 0.4) is 0 Å². The first-order valence-electron chi connectivity index (χ1n) is 8.00. The molecule has 3 rings (SSSR count). The van der Waals surface area contributed by atoms with Gasteiger partial charge in [0.05, 0.1) is 6.54 Å². The van der Waals surface area contributed by atoms with Crippen LogP contribution in [0.25, 0.3) is 0 Å². The lowest BCUT2D eigenvalue weighted by Crippen LogP contribution is -2.43. The summed E-state index contributed by atoms with van der Waals surface area (Å²) in [4.78, 5) is 27.4. The zero-order valence-corrected chi connectivity index (χ0v) is 13.2. The molecule has 2 aliphatic rings. The van der Waals surface area contributed by atoms with Gasteiger partial charge in [-0.1, -0.05) is 13.0 Å². The second kappa shape index (κ2) is 6.87. The van der Waals surface area contributed by atoms with Gasteiger partial charge in [-0.2, -0.15) is 0 Å². The average molecular weight is 318 g/mol. The number of hydrogen-bond donors (Lipinski definition) is 2. The van der Waals surface area contributed by atoms with E-state index >= 15 is 0 Å². The van der Waals surface area contributed by atoms with Gasteiger partial charge in [0.1, 0.15) is 0 Å². The minimum absolute atomic E-state index is 0.126. The van der Waals surface area contributed by atoms with Crippen LogP contribution in [0.1, 0.15) is 13.3 Å². The molecule has 23 heavy (non-hydrogen) atoms. The molecule has 7 nitrogen and oxygen atoms in total. The molecule has 2 saturated heterocycles. The molecule has 2 fully saturated rings. The highest BCUT2D eigenvalue weighted by Gasteiger charge is 2.33. The minimum Gasteiger partial charge on any atom is -0.423 e. The highest BCUT2D eigenvalue weighted by molar-refractivity contribution is 5.91. The second-order valence-electron chi connectivity index (χ2n) is 5.66. The average Bonchev–Trinajstić information content (AvgIpc) is 2.96. The molecular weight excluding hydrogens is 296 g/mol. The van der Waals surface area contributed by atoms with Crippen molar-refractivity contribution in [3.05, 3.63) is 24.3 Å². The third kappa shape index (κ3) is 3.56. The number of nitrogens with one attached hydrogen (secondary N) is 2. The van der Waals surface area contributed by atoms with E-state index < -0.39 is 12.3 Å². The van der Waals surface area contributed by atoms with Crippen LogP contribution in [-0.4, -0.2) is 51.0 Å². The van der Waals surface area contributed by atoms with Crippen molar-refractivity contribution >= 4 is 23.4 Å². The Balaban J connectivity index is 1.71. The van der Waals surface area contributed by atoms with E-state index in [0.29, 0.717) is 13.0 Å². The summed E-state index contributed by atoms with van der Waals surface area (Å²) in [6, 6.07) is 7.87. The third-order valence-electron chi connectivity index (χ3n) is 4.08. The number of rotatable bonds is 4. The van der Waals surface area contributed by atoms with E-state index in [9.17, 15) is 9.59 Å². The molecule has 1 aromatic rings. The molecule has 2 amide bonds. The van der Waals surface area contributed by atoms with Crippen LogP contribution in [0, 0.1) is 0 Å². The Morgan fingerprint density at radius 1 is 1.35 bits per heavy atom. The standard InChI is InChI=1S/C16H22N4O3/c1-2-14(21)18-15-11-20(16(22)23-15)13-5-3-4-12(10-13)19-8-6-17-7-9-19/h3-5,10,15,17H,2,6-9,11H2,1H3,(H,18,21)/t15-/m0/s1. The molecule has 124 valence electrons. The quantitative estimate of drug-likeness (QED) is 0.863. The summed E-state index contributed by atoms with van der Waals surface area (Å²) in [7, 11) is 0. The van der Waals surface area contributed by atoms with Gasteiger partial charge in [-0.3, -0.25) is 9.69 Å². The number of nitrogens with zero attached hydrogens (tertiary/aromatic N) is 2. The molecule has 2 heterocycles. The van der Waals surface area contributed by atoms with E-state index in [1.54, 1.807) is 11.8 Å². The molecule has 2 aliphatic heterocycles. The molecule has 0 unspecified atom stereocenters. The monoisotopic (exact) mass is 318 g/mol. The molecule has 0 aliphatic carbocycles. The van der Waals surface area contributed by atoms with Crippen LogP contribution < -0.4 is 20.4 Å². The molecule has 1 atom stereocenters. The predicted octanol–water partition coefficient (Wildman–Crippen LogP) is 0.905. The number of ether oxygens (including phenoxy) is 1. The van der Waals surface area contributed by atoms with Gasteiger partial charge < -0.3 is 20.3 Å². The van der Waals surface area contributed by atoms with Crippen molar-refractivity contribution in [2.24, 2.45) is 0 Å². The lowest BCUT2D eigenvalue weighted by molar-refractivity contribution is -0.123. The zero-order valence-electron chi connectivity index (χ0n) is 13.2. The first kappa shape index (κ1) is 15.6. The summed E-state index contributed by atoms with van der Waals surface area (Å²) in [5.41, 5.74) is 1.89. The summed E-state index contributed by atoms with van der Waals surface area (Å²) in [6.07, 6.45) is -0.645. The summed E-state index contributed by atoms with van der Waals surface area (Å²) >= 11 is 0. The van der Waals surface area contributed by atoms with Crippen LogP contribution >= 0.6 is 0 Å². The van der Waals surface area contributed by atoms with Crippen molar-refractivity contribution in [3.63, 3.8) is 0 Å².